The second-order valence-corrected chi connectivity index (χ2v) is 7.25. The van der Waals surface area contributed by atoms with Gasteiger partial charge in [0.25, 0.3) is 0 Å². The van der Waals surface area contributed by atoms with Gasteiger partial charge < -0.3 is 10.1 Å². The van der Waals surface area contributed by atoms with Crippen LogP contribution in [0.5, 0.6) is 5.75 Å². The fourth-order valence-corrected chi connectivity index (χ4v) is 3.91. The number of benzene rings is 2. The summed E-state index contributed by atoms with van der Waals surface area (Å²) in [7, 11) is 1.71. The van der Waals surface area contributed by atoms with Crippen LogP contribution in [-0.4, -0.2) is 36.1 Å². The lowest BCUT2D eigenvalue weighted by molar-refractivity contribution is 0.328. The van der Waals surface area contributed by atoms with Gasteiger partial charge in [-0.25, -0.2) is 4.98 Å². The minimum absolute atomic E-state index is 0.446. The van der Waals surface area contributed by atoms with Gasteiger partial charge in [0, 0.05) is 31.1 Å². The molecule has 0 spiro atoms. The Kier molecular flexibility index (Phi) is 5.26. The van der Waals surface area contributed by atoms with Crippen LogP contribution in [0.1, 0.15) is 24.5 Å². The highest BCUT2D eigenvalue weighted by Crippen LogP contribution is 2.26. The van der Waals surface area contributed by atoms with E-state index >= 15 is 0 Å². The van der Waals surface area contributed by atoms with Crippen LogP contribution >= 0.6 is 0 Å². The van der Waals surface area contributed by atoms with Gasteiger partial charge >= 0.3 is 0 Å². The third kappa shape index (κ3) is 4.06. The predicted octanol–water partition coefficient (Wildman–Crippen LogP) is 4.49. The Morgan fingerprint density at radius 3 is 2.78 bits per heavy atom. The lowest BCUT2D eigenvalue weighted by atomic mass is 10.1. The summed E-state index contributed by atoms with van der Waals surface area (Å²) in [5.74, 6) is 1.86. The van der Waals surface area contributed by atoms with Gasteiger partial charge in [-0.05, 0) is 48.2 Å². The number of aryl methyl sites for hydroxylation is 1. The Labute approximate surface area is 161 Å². The number of methoxy groups -OCH3 is 1. The largest absolute Gasteiger partial charge is 0.497 e. The van der Waals surface area contributed by atoms with Crippen molar-refractivity contribution in [1.29, 1.82) is 0 Å². The van der Waals surface area contributed by atoms with E-state index in [-0.39, 0.29) is 0 Å². The van der Waals surface area contributed by atoms with Crippen LogP contribution in [0.4, 0.5) is 5.82 Å². The SMILES string of the molecule is CCc1cc(NC2CCN(Cc3ccccc3)C2)nc2ccc(OC)cc12. The summed E-state index contributed by atoms with van der Waals surface area (Å²) >= 11 is 0. The zero-order chi connectivity index (χ0) is 18.6. The normalized spacial score (nSPS) is 17.3. The Bertz CT molecular complexity index is 910. The highest BCUT2D eigenvalue weighted by molar-refractivity contribution is 5.85. The van der Waals surface area contributed by atoms with Gasteiger partial charge in [-0.3, -0.25) is 4.90 Å². The lowest BCUT2D eigenvalue weighted by Gasteiger charge is -2.18. The summed E-state index contributed by atoms with van der Waals surface area (Å²) in [5.41, 5.74) is 3.71. The summed E-state index contributed by atoms with van der Waals surface area (Å²) in [5, 5.41) is 4.85. The molecule has 4 nitrogen and oxygen atoms in total. The van der Waals surface area contributed by atoms with Crippen LogP contribution < -0.4 is 10.1 Å². The van der Waals surface area contributed by atoms with Crippen LogP contribution in [-0.2, 0) is 13.0 Å². The van der Waals surface area contributed by atoms with Crippen LogP contribution in [0.15, 0.2) is 54.6 Å². The molecule has 4 rings (SSSR count). The van der Waals surface area contributed by atoms with Gasteiger partial charge in [-0.15, -0.1) is 0 Å². The monoisotopic (exact) mass is 361 g/mol. The van der Waals surface area contributed by atoms with Gasteiger partial charge in [0.2, 0.25) is 0 Å². The number of likely N-dealkylation sites (tertiary alicyclic amines) is 1. The van der Waals surface area contributed by atoms with Gasteiger partial charge in [0.05, 0.1) is 12.6 Å². The fraction of sp³-hybridized carbons (Fsp3) is 0.348. The quantitative estimate of drug-likeness (QED) is 0.702. The molecule has 0 amide bonds. The van der Waals surface area contributed by atoms with E-state index in [1.54, 1.807) is 7.11 Å². The van der Waals surface area contributed by atoms with Crippen LogP contribution in [0.25, 0.3) is 10.9 Å². The van der Waals surface area contributed by atoms with E-state index in [2.05, 4.69) is 65.7 Å². The second kappa shape index (κ2) is 7.97. The maximum absolute atomic E-state index is 5.37. The van der Waals surface area contributed by atoms with Gasteiger partial charge in [-0.2, -0.15) is 0 Å². The Morgan fingerprint density at radius 2 is 2.00 bits per heavy atom. The number of pyridine rings is 1. The molecule has 1 saturated heterocycles. The summed E-state index contributed by atoms with van der Waals surface area (Å²) in [6.07, 6.45) is 2.13. The van der Waals surface area contributed by atoms with Crippen molar-refractivity contribution >= 4 is 16.7 Å². The van der Waals surface area contributed by atoms with Crippen molar-refractivity contribution < 1.29 is 4.74 Å². The number of nitrogens with zero attached hydrogens (tertiary/aromatic N) is 2. The third-order valence-electron chi connectivity index (χ3n) is 5.36. The highest BCUT2D eigenvalue weighted by Gasteiger charge is 2.22. The number of fused-ring (bicyclic) bond motifs is 1. The summed E-state index contributed by atoms with van der Waals surface area (Å²) in [4.78, 5) is 7.36. The Hall–Kier alpha value is -2.59. The Balaban J connectivity index is 1.47. The number of ether oxygens (including phenoxy) is 1. The van der Waals surface area contributed by atoms with E-state index in [0.29, 0.717) is 6.04 Å². The molecule has 1 atom stereocenters. The molecule has 0 bridgehead atoms. The molecule has 1 unspecified atom stereocenters. The number of hydrogen-bond donors (Lipinski definition) is 1. The number of nitrogens with one attached hydrogen (secondary N) is 1. The average molecular weight is 361 g/mol. The molecule has 3 aromatic rings. The van der Waals surface area contributed by atoms with Crippen molar-refractivity contribution in [3.63, 3.8) is 0 Å². The zero-order valence-corrected chi connectivity index (χ0v) is 16.1. The lowest BCUT2D eigenvalue weighted by Crippen LogP contribution is -2.26. The summed E-state index contributed by atoms with van der Waals surface area (Å²) < 4.78 is 5.37. The molecule has 0 radical (unpaired) electrons. The molecule has 1 aliphatic heterocycles. The highest BCUT2D eigenvalue weighted by atomic mass is 16.5. The molecule has 2 aromatic carbocycles. The van der Waals surface area contributed by atoms with Crippen molar-refractivity contribution in [3.05, 3.63) is 65.7 Å². The molecule has 1 aliphatic rings. The van der Waals surface area contributed by atoms with E-state index in [1.165, 1.54) is 16.5 Å². The van der Waals surface area contributed by atoms with Crippen molar-refractivity contribution in [2.24, 2.45) is 0 Å². The maximum Gasteiger partial charge on any atom is 0.127 e. The van der Waals surface area contributed by atoms with E-state index < -0.39 is 0 Å². The van der Waals surface area contributed by atoms with Gasteiger partial charge in [0.1, 0.15) is 11.6 Å². The van der Waals surface area contributed by atoms with Crippen molar-refractivity contribution in [2.75, 3.05) is 25.5 Å². The van der Waals surface area contributed by atoms with E-state index in [9.17, 15) is 0 Å². The van der Waals surface area contributed by atoms with Crippen LogP contribution in [0.3, 0.4) is 0 Å². The standard InChI is InChI=1S/C23H27N3O/c1-3-18-13-23(25-22-10-9-20(27-2)14-21(18)22)24-19-11-12-26(16-19)15-17-7-5-4-6-8-17/h4-10,13-14,19H,3,11-12,15-16H2,1-2H3,(H,24,25). The van der Waals surface area contributed by atoms with Crippen molar-refractivity contribution in [2.45, 2.75) is 32.4 Å². The Morgan fingerprint density at radius 1 is 1.15 bits per heavy atom. The van der Waals surface area contributed by atoms with E-state index in [0.717, 1.165) is 49.6 Å². The topological polar surface area (TPSA) is 37.4 Å². The number of anilines is 1. The minimum atomic E-state index is 0.446. The fourth-order valence-electron chi connectivity index (χ4n) is 3.91. The first kappa shape index (κ1) is 17.8. The van der Waals surface area contributed by atoms with Crippen LogP contribution in [0, 0.1) is 0 Å². The first-order chi connectivity index (χ1) is 13.2. The molecule has 4 heteroatoms. The summed E-state index contributed by atoms with van der Waals surface area (Å²) in [6.45, 7) is 5.38. The first-order valence-electron chi connectivity index (χ1n) is 9.75. The second-order valence-electron chi connectivity index (χ2n) is 7.25. The molecule has 27 heavy (non-hydrogen) atoms. The molecular formula is C23H27N3O. The molecule has 0 saturated carbocycles. The minimum Gasteiger partial charge on any atom is -0.497 e. The van der Waals surface area contributed by atoms with Crippen LogP contribution in [0.2, 0.25) is 0 Å². The third-order valence-corrected chi connectivity index (χ3v) is 5.36. The van der Waals surface area contributed by atoms with E-state index in [1.807, 2.05) is 6.07 Å². The van der Waals surface area contributed by atoms with Crippen molar-refractivity contribution in [3.8, 4) is 5.75 Å². The number of rotatable bonds is 6. The molecule has 0 aliphatic carbocycles. The molecule has 140 valence electrons. The van der Waals surface area contributed by atoms with Gasteiger partial charge in [-0.1, -0.05) is 37.3 Å². The molecule has 1 aromatic heterocycles. The molecule has 1 fully saturated rings. The van der Waals surface area contributed by atoms with Gasteiger partial charge in [0.15, 0.2) is 0 Å². The zero-order valence-electron chi connectivity index (χ0n) is 16.1. The number of hydrogen-bond acceptors (Lipinski definition) is 4. The maximum atomic E-state index is 5.37. The molecule has 1 N–H and O–H groups in total. The smallest absolute Gasteiger partial charge is 0.127 e. The van der Waals surface area contributed by atoms with Crippen molar-refractivity contribution in [1.82, 2.24) is 9.88 Å². The average Bonchev–Trinajstić information content (AvgIpc) is 3.14. The predicted molar refractivity (Wildman–Crippen MR) is 111 cm³/mol. The summed E-state index contributed by atoms with van der Waals surface area (Å²) in [6, 6.07) is 19.5. The molecule has 2 heterocycles. The van der Waals surface area contributed by atoms with E-state index in [4.69, 9.17) is 9.72 Å². The number of aromatic nitrogens is 1. The molecular weight excluding hydrogens is 334 g/mol. The first-order valence-corrected chi connectivity index (χ1v) is 9.75.